The predicted octanol–water partition coefficient (Wildman–Crippen LogP) is 3.24. The van der Waals surface area contributed by atoms with Crippen LogP contribution in [-0.2, 0) is 0 Å². The summed E-state index contributed by atoms with van der Waals surface area (Å²) in [7, 11) is 0. The minimum Gasteiger partial charge on any atom is -0.353 e. The largest absolute Gasteiger partial charge is 0.353 e. The molecule has 1 aromatic carbocycles. The standard InChI is InChI=1S/C20H25N9/c1-3-29(4-2)12-11-22-20-21-10-9-17(27-20)24-16-13-23-28-18(16)19-25-14-7-5-6-8-15(14)26-19/h5-10,13H,3-4,11-12H2,1-2H3,(H,23,28)(H,25,26)(H2,21,22,24,27). The molecule has 3 heterocycles. The Morgan fingerprint density at radius 1 is 1.07 bits per heavy atom. The van der Waals surface area contributed by atoms with Gasteiger partial charge in [0, 0.05) is 19.3 Å². The van der Waals surface area contributed by atoms with Gasteiger partial charge in [0.15, 0.2) is 5.82 Å². The van der Waals surface area contributed by atoms with E-state index in [4.69, 9.17) is 0 Å². The number of nitrogens with one attached hydrogen (secondary N) is 4. The first-order valence-electron chi connectivity index (χ1n) is 9.81. The molecule has 9 nitrogen and oxygen atoms in total. The van der Waals surface area contributed by atoms with Crippen molar-refractivity contribution in [1.82, 2.24) is 35.0 Å². The summed E-state index contributed by atoms with van der Waals surface area (Å²) >= 11 is 0. The van der Waals surface area contributed by atoms with Crippen LogP contribution < -0.4 is 10.6 Å². The zero-order valence-electron chi connectivity index (χ0n) is 16.6. The fourth-order valence-corrected chi connectivity index (χ4v) is 3.15. The molecular formula is C20H25N9. The lowest BCUT2D eigenvalue weighted by Crippen LogP contribution is -2.28. The van der Waals surface area contributed by atoms with Gasteiger partial charge in [-0.3, -0.25) is 5.10 Å². The first-order chi connectivity index (χ1) is 14.3. The van der Waals surface area contributed by atoms with E-state index < -0.39 is 0 Å². The summed E-state index contributed by atoms with van der Waals surface area (Å²) in [6.07, 6.45) is 3.45. The fraction of sp³-hybridized carbons (Fsp3) is 0.300. The monoisotopic (exact) mass is 391 g/mol. The number of fused-ring (bicyclic) bond motifs is 1. The molecule has 3 aromatic heterocycles. The summed E-state index contributed by atoms with van der Waals surface area (Å²) in [6.45, 7) is 8.13. The average Bonchev–Trinajstić information content (AvgIpc) is 3.38. The first-order valence-corrected chi connectivity index (χ1v) is 9.81. The Morgan fingerprint density at radius 3 is 2.76 bits per heavy atom. The van der Waals surface area contributed by atoms with Crippen molar-refractivity contribution in [2.24, 2.45) is 0 Å². The molecule has 4 rings (SSSR count). The van der Waals surface area contributed by atoms with E-state index in [9.17, 15) is 0 Å². The van der Waals surface area contributed by atoms with Gasteiger partial charge in [0.1, 0.15) is 11.5 Å². The quantitative estimate of drug-likeness (QED) is 0.347. The van der Waals surface area contributed by atoms with Gasteiger partial charge >= 0.3 is 0 Å². The fourth-order valence-electron chi connectivity index (χ4n) is 3.15. The highest BCUT2D eigenvalue weighted by Gasteiger charge is 2.13. The summed E-state index contributed by atoms with van der Waals surface area (Å²) in [4.78, 5) is 19.1. The van der Waals surface area contributed by atoms with Crippen LogP contribution in [0.1, 0.15) is 13.8 Å². The maximum Gasteiger partial charge on any atom is 0.224 e. The number of benzene rings is 1. The summed E-state index contributed by atoms with van der Waals surface area (Å²) < 4.78 is 0. The summed E-state index contributed by atoms with van der Waals surface area (Å²) in [5.74, 6) is 2.00. The highest BCUT2D eigenvalue weighted by Crippen LogP contribution is 2.27. The van der Waals surface area contributed by atoms with E-state index in [1.807, 2.05) is 30.3 Å². The van der Waals surface area contributed by atoms with E-state index in [-0.39, 0.29) is 0 Å². The second kappa shape index (κ2) is 8.70. The summed E-state index contributed by atoms with van der Waals surface area (Å²) in [5.41, 5.74) is 3.45. The number of aromatic amines is 2. The van der Waals surface area contributed by atoms with Crippen LogP contribution in [0.4, 0.5) is 17.5 Å². The molecule has 9 heteroatoms. The molecule has 0 spiro atoms. The third kappa shape index (κ3) is 4.35. The average molecular weight is 391 g/mol. The Kier molecular flexibility index (Phi) is 5.66. The molecule has 29 heavy (non-hydrogen) atoms. The molecule has 0 amide bonds. The van der Waals surface area contributed by atoms with Gasteiger partial charge in [-0.25, -0.2) is 9.97 Å². The van der Waals surface area contributed by atoms with E-state index in [0.29, 0.717) is 11.8 Å². The predicted molar refractivity (Wildman–Crippen MR) is 115 cm³/mol. The second-order valence-corrected chi connectivity index (χ2v) is 6.61. The number of hydrogen-bond donors (Lipinski definition) is 4. The normalized spacial score (nSPS) is 11.3. The second-order valence-electron chi connectivity index (χ2n) is 6.61. The molecule has 0 saturated heterocycles. The number of aromatic nitrogens is 6. The number of anilines is 3. The maximum absolute atomic E-state index is 4.63. The topological polar surface area (TPSA) is 110 Å². The Hall–Kier alpha value is -3.46. The van der Waals surface area contributed by atoms with E-state index in [1.54, 1.807) is 12.4 Å². The minimum absolute atomic E-state index is 0.593. The molecule has 0 atom stereocenters. The van der Waals surface area contributed by atoms with Gasteiger partial charge < -0.3 is 20.5 Å². The smallest absolute Gasteiger partial charge is 0.224 e. The number of likely N-dealkylation sites (N-methyl/N-ethyl adjacent to an activating group) is 1. The van der Waals surface area contributed by atoms with Gasteiger partial charge in [-0.1, -0.05) is 26.0 Å². The molecule has 0 aliphatic carbocycles. The lowest BCUT2D eigenvalue weighted by Gasteiger charge is -2.18. The van der Waals surface area contributed by atoms with Crippen molar-refractivity contribution in [2.75, 3.05) is 36.8 Å². The Bertz CT molecular complexity index is 1030. The molecule has 0 aliphatic heterocycles. The first kappa shape index (κ1) is 18.9. The lowest BCUT2D eigenvalue weighted by molar-refractivity contribution is 0.316. The summed E-state index contributed by atoms with van der Waals surface area (Å²) in [6, 6.07) is 9.74. The highest BCUT2D eigenvalue weighted by molar-refractivity contribution is 5.82. The van der Waals surface area contributed by atoms with Crippen LogP contribution in [0.25, 0.3) is 22.6 Å². The zero-order chi connectivity index (χ0) is 20.1. The van der Waals surface area contributed by atoms with E-state index in [2.05, 4.69) is 59.5 Å². The van der Waals surface area contributed by atoms with Crippen molar-refractivity contribution in [3.05, 3.63) is 42.7 Å². The van der Waals surface area contributed by atoms with Crippen molar-refractivity contribution >= 4 is 28.5 Å². The van der Waals surface area contributed by atoms with Crippen molar-refractivity contribution in [2.45, 2.75) is 13.8 Å². The highest BCUT2D eigenvalue weighted by atomic mass is 15.2. The number of hydrogen-bond acceptors (Lipinski definition) is 7. The van der Waals surface area contributed by atoms with Gasteiger partial charge in [0.25, 0.3) is 0 Å². The van der Waals surface area contributed by atoms with Gasteiger partial charge in [-0.2, -0.15) is 10.1 Å². The van der Waals surface area contributed by atoms with Crippen LogP contribution in [0.5, 0.6) is 0 Å². The SMILES string of the molecule is CCN(CC)CCNc1nccc(Nc2cn[nH]c2-c2nc3ccccc3[nH]2)n1. The molecule has 0 fully saturated rings. The number of para-hydroxylation sites is 2. The molecule has 4 N–H and O–H groups in total. The molecule has 0 aliphatic rings. The van der Waals surface area contributed by atoms with E-state index >= 15 is 0 Å². The molecule has 0 bridgehead atoms. The van der Waals surface area contributed by atoms with Crippen molar-refractivity contribution in [3.63, 3.8) is 0 Å². The van der Waals surface area contributed by atoms with Crippen LogP contribution in [-0.4, -0.2) is 61.2 Å². The van der Waals surface area contributed by atoms with E-state index in [0.717, 1.165) is 54.4 Å². The van der Waals surface area contributed by atoms with Gasteiger partial charge in [0.05, 0.1) is 22.9 Å². The van der Waals surface area contributed by atoms with Crippen LogP contribution in [0.15, 0.2) is 42.7 Å². The van der Waals surface area contributed by atoms with Gasteiger partial charge in [-0.05, 0) is 31.3 Å². The Labute approximate surface area is 169 Å². The third-order valence-electron chi connectivity index (χ3n) is 4.79. The van der Waals surface area contributed by atoms with Crippen molar-refractivity contribution in [3.8, 4) is 11.5 Å². The van der Waals surface area contributed by atoms with E-state index in [1.165, 1.54) is 0 Å². The van der Waals surface area contributed by atoms with Crippen LogP contribution in [0, 0.1) is 0 Å². The number of imidazole rings is 1. The van der Waals surface area contributed by atoms with Crippen LogP contribution in [0.2, 0.25) is 0 Å². The zero-order valence-corrected chi connectivity index (χ0v) is 16.6. The minimum atomic E-state index is 0.593. The number of H-pyrrole nitrogens is 2. The van der Waals surface area contributed by atoms with Gasteiger partial charge in [-0.15, -0.1) is 0 Å². The summed E-state index contributed by atoms with van der Waals surface area (Å²) in [5, 5.41) is 13.8. The number of nitrogens with zero attached hydrogens (tertiary/aromatic N) is 5. The van der Waals surface area contributed by atoms with Gasteiger partial charge in [0.2, 0.25) is 5.95 Å². The Morgan fingerprint density at radius 2 is 1.93 bits per heavy atom. The maximum atomic E-state index is 4.63. The van der Waals surface area contributed by atoms with Crippen molar-refractivity contribution < 1.29 is 0 Å². The lowest BCUT2D eigenvalue weighted by atomic mass is 10.3. The van der Waals surface area contributed by atoms with Crippen LogP contribution >= 0.6 is 0 Å². The molecule has 0 radical (unpaired) electrons. The molecule has 0 unspecified atom stereocenters. The molecule has 150 valence electrons. The molecule has 4 aromatic rings. The third-order valence-corrected chi connectivity index (χ3v) is 4.79. The van der Waals surface area contributed by atoms with Crippen LogP contribution in [0.3, 0.4) is 0 Å². The number of rotatable bonds is 9. The van der Waals surface area contributed by atoms with Crippen molar-refractivity contribution in [1.29, 1.82) is 0 Å². The molecular weight excluding hydrogens is 366 g/mol. The Balaban J connectivity index is 1.47. The molecule has 0 saturated carbocycles.